The minimum atomic E-state index is 0. The highest BCUT2D eigenvalue weighted by Gasteiger charge is 2.13. The summed E-state index contributed by atoms with van der Waals surface area (Å²) in [7, 11) is 1.96. The first-order valence-corrected chi connectivity index (χ1v) is 7.57. The highest BCUT2D eigenvalue weighted by Crippen LogP contribution is 2.27. The summed E-state index contributed by atoms with van der Waals surface area (Å²) in [6, 6.07) is 18.5. The van der Waals surface area contributed by atoms with Gasteiger partial charge in [-0.25, -0.2) is 0 Å². The molecule has 1 aromatic heterocycles. The van der Waals surface area contributed by atoms with Crippen molar-refractivity contribution in [2.45, 2.75) is 12.5 Å². The van der Waals surface area contributed by atoms with Crippen molar-refractivity contribution in [3.05, 3.63) is 72.6 Å². The van der Waals surface area contributed by atoms with Crippen LogP contribution in [0, 0.1) is 0 Å². The van der Waals surface area contributed by atoms with E-state index in [9.17, 15) is 0 Å². The lowest BCUT2D eigenvalue weighted by Gasteiger charge is -2.20. The van der Waals surface area contributed by atoms with Gasteiger partial charge < -0.3 is 10.1 Å². The largest absolute Gasteiger partial charge is 0.486 e. The molecule has 0 aliphatic carbocycles. The van der Waals surface area contributed by atoms with Crippen molar-refractivity contribution in [3.63, 3.8) is 0 Å². The Bertz CT molecular complexity index is 734. The third-order valence-electron chi connectivity index (χ3n) is 3.72. The molecule has 4 heteroatoms. The maximum atomic E-state index is 6.25. The van der Waals surface area contributed by atoms with Gasteiger partial charge in [-0.3, -0.25) is 4.98 Å². The quantitative estimate of drug-likeness (QED) is 0.729. The van der Waals surface area contributed by atoms with Gasteiger partial charge in [-0.05, 0) is 48.8 Å². The van der Waals surface area contributed by atoms with E-state index in [2.05, 4.69) is 46.7 Å². The fraction of sp³-hybridized carbons (Fsp3) is 0.211. The number of nitrogens with zero attached hydrogens (tertiary/aromatic N) is 1. The van der Waals surface area contributed by atoms with Crippen molar-refractivity contribution < 1.29 is 4.74 Å². The van der Waals surface area contributed by atoms with Crippen molar-refractivity contribution in [3.8, 4) is 5.75 Å². The van der Waals surface area contributed by atoms with Crippen LogP contribution in [0.15, 0.2) is 67.0 Å². The topological polar surface area (TPSA) is 34.1 Å². The Morgan fingerprint density at radius 2 is 1.87 bits per heavy atom. The second-order valence-corrected chi connectivity index (χ2v) is 5.29. The summed E-state index contributed by atoms with van der Waals surface area (Å²) in [5.41, 5.74) is 1.20. The number of fused-ring (bicyclic) bond motifs is 1. The first-order chi connectivity index (χ1) is 10.9. The molecule has 3 rings (SSSR count). The van der Waals surface area contributed by atoms with Gasteiger partial charge in [-0.1, -0.05) is 30.3 Å². The van der Waals surface area contributed by atoms with Gasteiger partial charge in [0, 0.05) is 24.2 Å². The molecule has 1 heterocycles. The molecule has 120 valence electrons. The van der Waals surface area contributed by atoms with E-state index in [0.717, 1.165) is 29.5 Å². The summed E-state index contributed by atoms with van der Waals surface area (Å²) < 4.78 is 6.25. The Labute approximate surface area is 143 Å². The zero-order valence-electron chi connectivity index (χ0n) is 13.1. The van der Waals surface area contributed by atoms with Crippen LogP contribution in [0.25, 0.3) is 10.8 Å². The summed E-state index contributed by atoms with van der Waals surface area (Å²) in [6.45, 7) is 0.914. The number of rotatable bonds is 6. The molecule has 0 spiro atoms. The molecule has 0 radical (unpaired) electrons. The average Bonchev–Trinajstić information content (AvgIpc) is 2.59. The summed E-state index contributed by atoms with van der Waals surface area (Å²) in [6.07, 6.45) is 4.65. The Kier molecular flexibility index (Phi) is 6.39. The van der Waals surface area contributed by atoms with Crippen LogP contribution >= 0.6 is 12.4 Å². The molecule has 1 N–H and O–H groups in total. The molecule has 23 heavy (non-hydrogen) atoms. The highest BCUT2D eigenvalue weighted by molar-refractivity contribution is 5.85. The van der Waals surface area contributed by atoms with Gasteiger partial charge in [0.1, 0.15) is 11.9 Å². The number of hydrogen-bond acceptors (Lipinski definition) is 3. The SMILES string of the molecule is CNCC[C@@H](Oc1ccc2cnccc2c1)c1ccccc1.Cl. The van der Waals surface area contributed by atoms with E-state index in [4.69, 9.17) is 4.74 Å². The average molecular weight is 329 g/mol. The monoisotopic (exact) mass is 328 g/mol. The van der Waals surface area contributed by atoms with Gasteiger partial charge in [-0.15, -0.1) is 12.4 Å². The maximum Gasteiger partial charge on any atom is 0.125 e. The van der Waals surface area contributed by atoms with Crippen molar-refractivity contribution in [2.24, 2.45) is 0 Å². The van der Waals surface area contributed by atoms with Gasteiger partial charge >= 0.3 is 0 Å². The minimum absolute atomic E-state index is 0. The Morgan fingerprint density at radius 1 is 1.04 bits per heavy atom. The van der Waals surface area contributed by atoms with Crippen molar-refractivity contribution in [2.75, 3.05) is 13.6 Å². The molecule has 0 bridgehead atoms. The van der Waals surface area contributed by atoms with Crippen molar-refractivity contribution in [1.29, 1.82) is 0 Å². The molecule has 0 unspecified atom stereocenters. The maximum absolute atomic E-state index is 6.25. The lowest BCUT2D eigenvalue weighted by molar-refractivity contribution is 0.195. The zero-order chi connectivity index (χ0) is 15.2. The molecule has 0 aliphatic heterocycles. The van der Waals surface area contributed by atoms with Crippen molar-refractivity contribution in [1.82, 2.24) is 10.3 Å². The smallest absolute Gasteiger partial charge is 0.125 e. The minimum Gasteiger partial charge on any atom is -0.486 e. The molecule has 0 saturated heterocycles. The number of ether oxygens (including phenoxy) is 1. The second-order valence-electron chi connectivity index (χ2n) is 5.29. The molecule has 3 aromatic rings. The van der Waals surface area contributed by atoms with Crippen LogP contribution in [-0.4, -0.2) is 18.6 Å². The second kappa shape index (κ2) is 8.51. The van der Waals surface area contributed by atoms with Gasteiger partial charge in [0.05, 0.1) is 0 Å². The van der Waals surface area contributed by atoms with Crippen LogP contribution in [0.3, 0.4) is 0 Å². The lowest BCUT2D eigenvalue weighted by atomic mass is 10.1. The van der Waals surface area contributed by atoms with E-state index in [-0.39, 0.29) is 18.5 Å². The van der Waals surface area contributed by atoms with Crippen LogP contribution in [-0.2, 0) is 0 Å². The van der Waals surface area contributed by atoms with Crippen LogP contribution in [0.1, 0.15) is 18.1 Å². The van der Waals surface area contributed by atoms with Crippen LogP contribution in [0.5, 0.6) is 5.75 Å². The van der Waals surface area contributed by atoms with Crippen molar-refractivity contribution >= 4 is 23.2 Å². The molecular weight excluding hydrogens is 308 g/mol. The molecule has 2 aromatic carbocycles. The molecule has 0 saturated carbocycles. The van der Waals surface area contributed by atoms with E-state index >= 15 is 0 Å². The Morgan fingerprint density at radius 3 is 2.65 bits per heavy atom. The Balaban J connectivity index is 0.00000192. The molecule has 0 amide bonds. The normalized spacial score (nSPS) is 11.7. The first-order valence-electron chi connectivity index (χ1n) is 7.57. The molecule has 0 aliphatic rings. The van der Waals surface area contributed by atoms with Crippen LogP contribution < -0.4 is 10.1 Å². The molecule has 1 atom stereocenters. The third-order valence-corrected chi connectivity index (χ3v) is 3.72. The zero-order valence-corrected chi connectivity index (χ0v) is 13.9. The standard InChI is InChI=1S/C19H20N2O.ClH/c1-20-11-10-19(15-5-3-2-4-6-15)22-18-8-7-17-14-21-12-9-16(17)13-18;/h2-9,12-14,19-20H,10-11H2,1H3;1H/t19-;/m1./s1. The van der Waals surface area contributed by atoms with Crippen LogP contribution in [0.4, 0.5) is 0 Å². The van der Waals surface area contributed by atoms with Crippen LogP contribution in [0.2, 0.25) is 0 Å². The summed E-state index contributed by atoms with van der Waals surface area (Å²) in [4.78, 5) is 4.14. The van der Waals surface area contributed by atoms with Gasteiger partial charge in [-0.2, -0.15) is 0 Å². The van der Waals surface area contributed by atoms with Gasteiger partial charge in [0.2, 0.25) is 0 Å². The number of aromatic nitrogens is 1. The predicted octanol–water partition coefficient (Wildman–Crippen LogP) is 4.39. The fourth-order valence-electron chi connectivity index (χ4n) is 2.54. The van der Waals surface area contributed by atoms with Gasteiger partial charge in [0.15, 0.2) is 0 Å². The van der Waals surface area contributed by atoms with Gasteiger partial charge in [0.25, 0.3) is 0 Å². The Hall–Kier alpha value is -2.10. The van der Waals surface area contributed by atoms with E-state index in [1.54, 1.807) is 0 Å². The number of pyridine rings is 1. The summed E-state index contributed by atoms with van der Waals surface area (Å²) >= 11 is 0. The van der Waals surface area contributed by atoms with E-state index in [0.29, 0.717) is 0 Å². The number of hydrogen-bond donors (Lipinski definition) is 1. The van der Waals surface area contributed by atoms with E-state index in [1.807, 2.05) is 37.6 Å². The summed E-state index contributed by atoms with van der Waals surface area (Å²) in [5, 5.41) is 5.47. The number of halogens is 1. The number of benzene rings is 2. The lowest BCUT2D eigenvalue weighted by Crippen LogP contribution is -2.16. The molecule has 3 nitrogen and oxygen atoms in total. The predicted molar refractivity (Wildman–Crippen MR) is 97.3 cm³/mol. The molecule has 0 fully saturated rings. The fourth-order valence-corrected chi connectivity index (χ4v) is 2.54. The number of nitrogens with one attached hydrogen (secondary N) is 1. The molecular formula is C19H21ClN2O. The first kappa shape index (κ1) is 17.3. The summed E-state index contributed by atoms with van der Waals surface area (Å²) in [5.74, 6) is 0.892. The third kappa shape index (κ3) is 4.44. The highest BCUT2D eigenvalue weighted by atomic mass is 35.5. The van der Waals surface area contributed by atoms with E-state index < -0.39 is 0 Å². The van der Waals surface area contributed by atoms with E-state index in [1.165, 1.54) is 5.56 Å².